The van der Waals surface area contributed by atoms with Gasteiger partial charge in [0.1, 0.15) is 0 Å². The summed E-state index contributed by atoms with van der Waals surface area (Å²) in [6, 6.07) is 0.304. The highest BCUT2D eigenvalue weighted by atomic mass is 16.5. The first-order valence-corrected chi connectivity index (χ1v) is 5.53. The highest BCUT2D eigenvalue weighted by molar-refractivity contribution is 4.99. The summed E-state index contributed by atoms with van der Waals surface area (Å²) in [6.45, 7) is 6.11. The minimum absolute atomic E-state index is 0.0549. The number of nitrogens with one attached hydrogen (secondary N) is 1. The SMILES string of the molecule is C#CCC(NCC)C1(C)CCCCO1. The van der Waals surface area contributed by atoms with Crippen LogP contribution in [-0.2, 0) is 4.74 Å². The molecule has 1 aliphatic heterocycles. The molecule has 1 saturated heterocycles. The maximum absolute atomic E-state index is 5.87. The van der Waals surface area contributed by atoms with Crippen LogP contribution in [-0.4, -0.2) is 24.8 Å². The molecule has 1 heterocycles. The van der Waals surface area contributed by atoms with Crippen LogP contribution >= 0.6 is 0 Å². The second-order valence-corrected chi connectivity index (χ2v) is 4.14. The number of ether oxygens (including phenoxy) is 1. The van der Waals surface area contributed by atoms with Crippen LogP contribution in [0, 0.1) is 12.3 Å². The van der Waals surface area contributed by atoms with Crippen molar-refractivity contribution >= 4 is 0 Å². The molecule has 1 N–H and O–H groups in total. The predicted octanol–water partition coefficient (Wildman–Crippen LogP) is 1.95. The van der Waals surface area contributed by atoms with Crippen molar-refractivity contribution < 1.29 is 4.74 Å². The summed E-state index contributed by atoms with van der Waals surface area (Å²) < 4.78 is 5.87. The average molecular weight is 195 g/mol. The van der Waals surface area contributed by atoms with Gasteiger partial charge in [0, 0.05) is 19.1 Å². The Bertz CT molecular complexity index is 201. The lowest BCUT2D eigenvalue weighted by atomic mass is 9.86. The Morgan fingerprint density at radius 3 is 2.86 bits per heavy atom. The first kappa shape index (κ1) is 11.6. The molecule has 0 bridgehead atoms. The molecule has 14 heavy (non-hydrogen) atoms. The zero-order chi connectivity index (χ0) is 10.4. The Morgan fingerprint density at radius 1 is 1.57 bits per heavy atom. The summed E-state index contributed by atoms with van der Waals surface area (Å²) in [5.41, 5.74) is -0.0549. The van der Waals surface area contributed by atoms with Gasteiger partial charge in [0.25, 0.3) is 0 Å². The van der Waals surface area contributed by atoms with E-state index in [0.29, 0.717) is 6.04 Å². The van der Waals surface area contributed by atoms with E-state index in [-0.39, 0.29) is 5.60 Å². The lowest BCUT2D eigenvalue weighted by Crippen LogP contribution is -2.52. The Hall–Kier alpha value is -0.520. The van der Waals surface area contributed by atoms with E-state index in [4.69, 9.17) is 11.2 Å². The van der Waals surface area contributed by atoms with Crippen LogP contribution < -0.4 is 5.32 Å². The largest absolute Gasteiger partial charge is 0.374 e. The second-order valence-electron chi connectivity index (χ2n) is 4.14. The molecule has 2 unspecified atom stereocenters. The molecule has 0 saturated carbocycles. The van der Waals surface area contributed by atoms with Gasteiger partial charge < -0.3 is 10.1 Å². The van der Waals surface area contributed by atoms with Gasteiger partial charge >= 0.3 is 0 Å². The van der Waals surface area contributed by atoms with E-state index in [1.54, 1.807) is 0 Å². The molecule has 2 atom stereocenters. The van der Waals surface area contributed by atoms with Crippen molar-refractivity contribution in [1.29, 1.82) is 0 Å². The Labute approximate surface area is 87.4 Å². The molecule has 0 aromatic heterocycles. The molecule has 2 nitrogen and oxygen atoms in total. The predicted molar refractivity (Wildman–Crippen MR) is 59.1 cm³/mol. The fraction of sp³-hybridized carbons (Fsp3) is 0.833. The van der Waals surface area contributed by atoms with Gasteiger partial charge in [-0.25, -0.2) is 0 Å². The molecule has 1 fully saturated rings. The number of hydrogen-bond donors (Lipinski definition) is 1. The minimum atomic E-state index is -0.0549. The van der Waals surface area contributed by atoms with Crippen LogP contribution in [0.2, 0.25) is 0 Å². The van der Waals surface area contributed by atoms with Gasteiger partial charge in [-0.05, 0) is 32.7 Å². The topological polar surface area (TPSA) is 21.3 Å². The molecule has 0 aromatic rings. The van der Waals surface area contributed by atoms with Gasteiger partial charge in [0.2, 0.25) is 0 Å². The molecule has 80 valence electrons. The van der Waals surface area contributed by atoms with Crippen LogP contribution in [0.5, 0.6) is 0 Å². The monoisotopic (exact) mass is 195 g/mol. The van der Waals surface area contributed by atoms with Gasteiger partial charge in [0.05, 0.1) is 5.60 Å². The molecule has 0 aromatic carbocycles. The highest BCUT2D eigenvalue weighted by Gasteiger charge is 2.35. The van der Waals surface area contributed by atoms with E-state index >= 15 is 0 Å². The van der Waals surface area contributed by atoms with Gasteiger partial charge in [-0.2, -0.15) is 0 Å². The van der Waals surface area contributed by atoms with Crippen molar-refractivity contribution in [1.82, 2.24) is 5.32 Å². The summed E-state index contributed by atoms with van der Waals surface area (Å²) in [4.78, 5) is 0. The molecule has 2 heteroatoms. The summed E-state index contributed by atoms with van der Waals surface area (Å²) in [6.07, 6.45) is 9.69. The van der Waals surface area contributed by atoms with Gasteiger partial charge in [0.15, 0.2) is 0 Å². The Balaban J connectivity index is 2.59. The van der Waals surface area contributed by atoms with Crippen molar-refractivity contribution in [2.75, 3.05) is 13.2 Å². The van der Waals surface area contributed by atoms with Crippen LogP contribution in [0.15, 0.2) is 0 Å². The fourth-order valence-electron chi connectivity index (χ4n) is 2.10. The maximum Gasteiger partial charge on any atom is 0.0816 e. The second kappa shape index (κ2) is 5.38. The standard InChI is InChI=1S/C12H21NO/c1-4-8-11(13-5-2)12(3)9-6-7-10-14-12/h1,11,13H,5-10H2,2-3H3. The van der Waals surface area contributed by atoms with Crippen molar-refractivity contribution in [3.63, 3.8) is 0 Å². The van der Waals surface area contributed by atoms with Crippen molar-refractivity contribution in [3.05, 3.63) is 0 Å². The van der Waals surface area contributed by atoms with Crippen LogP contribution in [0.4, 0.5) is 0 Å². The molecule has 1 aliphatic rings. The molecule has 0 aliphatic carbocycles. The first-order chi connectivity index (χ1) is 6.73. The zero-order valence-electron chi connectivity index (χ0n) is 9.31. The van der Waals surface area contributed by atoms with Crippen molar-refractivity contribution in [3.8, 4) is 12.3 Å². The maximum atomic E-state index is 5.87. The van der Waals surface area contributed by atoms with Gasteiger partial charge in [-0.3, -0.25) is 0 Å². The normalized spacial score (nSPS) is 29.5. The van der Waals surface area contributed by atoms with Crippen LogP contribution in [0.3, 0.4) is 0 Å². The molecular weight excluding hydrogens is 174 g/mol. The fourth-order valence-corrected chi connectivity index (χ4v) is 2.10. The summed E-state index contributed by atoms with van der Waals surface area (Å²) in [7, 11) is 0. The van der Waals surface area contributed by atoms with E-state index in [1.165, 1.54) is 12.8 Å². The van der Waals surface area contributed by atoms with E-state index < -0.39 is 0 Å². The molecular formula is C12H21NO. The summed E-state index contributed by atoms with van der Waals surface area (Å²) >= 11 is 0. The summed E-state index contributed by atoms with van der Waals surface area (Å²) in [5.74, 6) is 2.73. The highest BCUT2D eigenvalue weighted by Crippen LogP contribution is 2.29. The number of rotatable bonds is 4. The van der Waals surface area contributed by atoms with E-state index in [2.05, 4.69) is 25.1 Å². The third-order valence-electron chi connectivity index (χ3n) is 3.01. The molecule has 0 radical (unpaired) electrons. The number of terminal acetylenes is 1. The van der Waals surface area contributed by atoms with E-state index in [0.717, 1.165) is 26.0 Å². The Morgan fingerprint density at radius 2 is 2.36 bits per heavy atom. The minimum Gasteiger partial charge on any atom is -0.374 e. The molecule has 0 amide bonds. The zero-order valence-corrected chi connectivity index (χ0v) is 9.31. The first-order valence-electron chi connectivity index (χ1n) is 5.53. The Kier molecular flexibility index (Phi) is 4.44. The third kappa shape index (κ3) is 2.73. The molecule has 1 rings (SSSR count). The molecule has 0 spiro atoms. The van der Waals surface area contributed by atoms with Gasteiger partial charge in [-0.15, -0.1) is 12.3 Å². The smallest absolute Gasteiger partial charge is 0.0816 e. The lowest BCUT2D eigenvalue weighted by Gasteiger charge is -2.40. The lowest BCUT2D eigenvalue weighted by molar-refractivity contribution is -0.0872. The number of hydrogen-bond acceptors (Lipinski definition) is 2. The quantitative estimate of drug-likeness (QED) is 0.692. The van der Waals surface area contributed by atoms with E-state index in [1.807, 2.05) is 0 Å². The van der Waals surface area contributed by atoms with Crippen molar-refractivity contribution in [2.45, 2.75) is 51.2 Å². The summed E-state index contributed by atoms with van der Waals surface area (Å²) in [5, 5.41) is 3.43. The van der Waals surface area contributed by atoms with E-state index in [9.17, 15) is 0 Å². The van der Waals surface area contributed by atoms with Gasteiger partial charge in [-0.1, -0.05) is 6.92 Å². The number of likely N-dealkylation sites (N-methyl/N-ethyl adjacent to an activating group) is 1. The van der Waals surface area contributed by atoms with Crippen molar-refractivity contribution in [2.24, 2.45) is 0 Å². The third-order valence-corrected chi connectivity index (χ3v) is 3.01. The average Bonchev–Trinajstić information content (AvgIpc) is 2.19. The van der Waals surface area contributed by atoms with Crippen LogP contribution in [0.1, 0.15) is 39.5 Å². The van der Waals surface area contributed by atoms with Crippen LogP contribution in [0.25, 0.3) is 0 Å².